The predicted octanol–water partition coefficient (Wildman–Crippen LogP) is 20.5. The molecule has 0 amide bonds. The van der Waals surface area contributed by atoms with E-state index in [4.69, 9.17) is 0 Å². The third-order valence-electron chi connectivity index (χ3n) is 16.6. The van der Waals surface area contributed by atoms with Gasteiger partial charge in [0.2, 0.25) is 0 Å². The molecule has 0 bridgehead atoms. The molecule has 368 valence electrons. The first kappa shape index (κ1) is 45.6. The maximum Gasteiger partial charge on any atom is 0.0626 e. The van der Waals surface area contributed by atoms with E-state index in [2.05, 4.69) is 301 Å². The SMILES string of the molecule is C1=CCC(c2ccc(-c3ccccc3)n2-c2ccc3c(-c4cccc5ccccc45)c4cc(N5C(c6ccccc6)=CCC5c5ccccc5)ccc4c(-c4ccc(-c5cc6ccccc6c6ccccc56)cc4)c3c2)C=C1. The van der Waals surface area contributed by atoms with Gasteiger partial charge in [-0.1, -0.05) is 249 Å². The Morgan fingerprint density at radius 1 is 0.346 bits per heavy atom. The van der Waals surface area contributed by atoms with Gasteiger partial charge in [-0.25, -0.2) is 0 Å². The van der Waals surface area contributed by atoms with Crippen LogP contribution in [0.2, 0.25) is 0 Å². The van der Waals surface area contributed by atoms with Crippen molar-refractivity contribution in [3.63, 3.8) is 0 Å². The molecule has 0 fully saturated rings. The summed E-state index contributed by atoms with van der Waals surface area (Å²) in [5.74, 6) is 0.239. The van der Waals surface area contributed by atoms with Gasteiger partial charge in [0.1, 0.15) is 0 Å². The van der Waals surface area contributed by atoms with Crippen LogP contribution in [0.3, 0.4) is 0 Å². The minimum Gasteiger partial charge on any atom is -0.333 e. The summed E-state index contributed by atoms with van der Waals surface area (Å²) in [6.07, 6.45) is 13.3. The van der Waals surface area contributed by atoms with E-state index in [1.54, 1.807) is 0 Å². The quantitative estimate of drug-likeness (QED) is 0.103. The van der Waals surface area contributed by atoms with Crippen LogP contribution in [0.4, 0.5) is 5.69 Å². The van der Waals surface area contributed by atoms with Gasteiger partial charge in [-0.15, -0.1) is 0 Å². The molecule has 2 nitrogen and oxygen atoms in total. The van der Waals surface area contributed by atoms with E-state index in [0.29, 0.717) is 0 Å². The summed E-state index contributed by atoms with van der Waals surface area (Å²) >= 11 is 0. The third-order valence-corrected chi connectivity index (χ3v) is 16.6. The van der Waals surface area contributed by atoms with Crippen LogP contribution >= 0.6 is 0 Å². The summed E-state index contributed by atoms with van der Waals surface area (Å²) in [6, 6.07) is 97.5. The molecule has 0 saturated heterocycles. The molecule has 2 unspecified atom stereocenters. The van der Waals surface area contributed by atoms with Gasteiger partial charge in [-0.2, -0.15) is 0 Å². The van der Waals surface area contributed by atoms with Gasteiger partial charge in [0.25, 0.3) is 0 Å². The topological polar surface area (TPSA) is 8.17 Å². The minimum atomic E-state index is 0.130. The van der Waals surface area contributed by atoms with Gasteiger partial charge in [0.15, 0.2) is 0 Å². The molecule has 15 rings (SSSR count). The van der Waals surface area contributed by atoms with Crippen LogP contribution in [0, 0.1) is 0 Å². The fourth-order valence-electron chi connectivity index (χ4n) is 13.1. The summed E-state index contributed by atoms with van der Waals surface area (Å²) in [5, 5.41) is 12.4. The molecule has 12 aromatic carbocycles. The fraction of sp³-hybridized carbons (Fsp3) is 0.0526. The molecular formula is C76H54N2. The lowest BCUT2D eigenvalue weighted by Crippen LogP contribution is -2.22. The van der Waals surface area contributed by atoms with Gasteiger partial charge in [0.05, 0.1) is 11.7 Å². The van der Waals surface area contributed by atoms with Crippen LogP contribution < -0.4 is 4.90 Å². The van der Waals surface area contributed by atoms with Crippen molar-refractivity contribution >= 4 is 65.2 Å². The molecule has 13 aromatic rings. The van der Waals surface area contributed by atoms with Crippen LogP contribution in [-0.2, 0) is 0 Å². The van der Waals surface area contributed by atoms with E-state index in [1.165, 1.54) is 127 Å². The second kappa shape index (κ2) is 19.1. The number of allylic oxidation sites excluding steroid dienone is 4. The Bertz CT molecular complexity index is 4540. The molecule has 0 spiro atoms. The van der Waals surface area contributed by atoms with Crippen molar-refractivity contribution in [2.45, 2.75) is 24.8 Å². The van der Waals surface area contributed by atoms with Gasteiger partial charge in [-0.05, 0) is 159 Å². The molecule has 0 saturated carbocycles. The Kier molecular flexibility index (Phi) is 11.2. The van der Waals surface area contributed by atoms with Crippen LogP contribution in [0.5, 0.6) is 0 Å². The number of hydrogen-bond donors (Lipinski definition) is 0. The smallest absolute Gasteiger partial charge is 0.0626 e. The Morgan fingerprint density at radius 3 is 1.73 bits per heavy atom. The average molecular weight is 995 g/mol. The standard InChI is InChI=1S/C76H54N2/c1-5-21-53(22-6-1)71-44-45-72(54-23-7-2-8-24-54)77(71)59-41-43-67-69(49-59)75(57-38-36-52(37-39-57)68-48-58-29-14-16-32-62(58)63-33-17-18-34-64(63)68)66-42-40-60(50-70(66)76(67)65-35-19-30-51-20-13-15-31-61(51)65)78-73(55-25-9-3-10-26-55)46-47-74(78)56-27-11-4-12-28-56/h1-23,25-46,48-50,54,74H,24,47H2. The third kappa shape index (κ3) is 7.71. The van der Waals surface area contributed by atoms with E-state index in [9.17, 15) is 0 Å². The van der Waals surface area contributed by atoms with Gasteiger partial charge < -0.3 is 9.47 Å². The number of benzene rings is 12. The van der Waals surface area contributed by atoms with Gasteiger partial charge in [0, 0.05) is 28.7 Å². The highest BCUT2D eigenvalue weighted by Gasteiger charge is 2.31. The number of nitrogens with zero attached hydrogens (tertiary/aromatic N) is 2. The Balaban J connectivity index is 1.03. The fourth-order valence-corrected chi connectivity index (χ4v) is 13.1. The molecule has 2 atom stereocenters. The molecule has 1 aromatic heterocycles. The highest BCUT2D eigenvalue weighted by Crippen LogP contribution is 2.50. The molecule has 0 radical (unpaired) electrons. The van der Waals surface area contributed by atoms with E-state index in [-0.39, 0.29) is 12.0 Å². The van der Waals surface area contributed by atoms with Crippen molar-refractivity contribution in [1.29, 1.82) is 0 Å². The molecule has 2 heterocycles. The van der Waals surface area contributed by atoms with Crippen molar-refractivity contribution in [1.82, 2.24) is 4.57 Å². The Hall–Kier alpha value is -9.76. The number of anilines is 1. The lowest BCUT2D eigenvalue weighted by molar-refractivity contribution is 0.749. The Labute approximate surface area is 455 Å². The monoisotopic (exact) mass is 994 g/mol. The first-order valence-electron chi connectivity index (χ1n) is 27.5. The van der Waals surface area contributed by atoms with Crippen molar-refractivity contribution in [3.05, 3.63) is 308 Å². The lowest BCUT2D eigenvalue weighted by Gasteiger charge is -2.31. The lowest BCUT2D eigenvalue weighted by atomic mass is 9.83. The van der Waals surface area contributed by atoms with E-state index in [1.807, 2.05) is 0 Å². The maximum atomic E-state index is 2.60. The zero-order chi connectivity index (χ0) is 51.5. The second-order valence-corrected chi connectivity index (χ2v) is 21.0. The summed E-state index contributed by atoms with van der Waals surface area (Å²) in [7, 11) is 0. The second-order valence-electron chi connectivity index (χ2n) is 21.0. The summed E-state index contributed by atoms with van der Waals surface area (Å²) in [4.78, 5) is 2.60. The van der Waals surface area contributed by atoms with Crippen molar-refractivity contribution < 1.29 is 0 Å². The van der Waals surface area contributed by atoms with Gasteiger partial charge in [-0.3, -0.25) is 0 Å². The predicted molar refractivity (Wildman–Crippen MR) is 331 cm³/mol. The normalized spacial score (nSPS) is 15.3. The highest BCUT2D eigenvalue weighted by atomic mass is 15.2. The molecule has 78 heavy (non-hydrogen) atoms. The zero-order valence-electron chi connectivity index (χ0n) is 43.2. The first-order chi connectivity index (χ1) is 38.7. The number of fused-ring (bicyclic) bond motifs is 6. The van der Waals surface area contributed by atoms with Crippen molar-refractivity contribution in [2.75, 3.05) is 4.90 Å². The number of hydrogen-bond acceptors (Lipinski definition) is 1. The van der Waals surface area contributed by atoms with E-state index < -0.39 is 0 Å². The van der Waals surface area contributed by atoms with E-state index in [0.717, 1.165) is 18.5 Å². The van der Waals surface area contributed by atoms with Crippen LogP contribution in [0.15, 0.2) is 291 Å². The van der Waals surface area contributed by atoms with Crippen molar-refractivity contribution in [2.24, 2.45) is 0 Å². The Morgan fingerprint density at radius 2 is 0.962 bits per heavy atom. The summed E-state index contributed by atoms with van der Waals surface area (Å²) < 4.78 is 2.53. The first-order valence-corrected chi connectivity index (χ1v) is 27.5. The molecule has 1 aliphatic heterocycles. The maximum absolute atomic E-state index is 2.60. The van der Waals surface area contributed by atoms with E-state index >= 15 is 0 Å². The molecule has 1 aliphatic carbocycles. The van der Waals surface area contributed by atoms with Crippen LogP contribution in [0.1, 0.15) is 41.6 Å². The molecular weight excluding hydrogens is 941 g/mol. The largest absolute Gasteiger partial charge is 0.333 e. The van der Waals surface area contributed by atoms with Gasteiger partial charge >= 0.3 is 0 Å². The van der Waals surface area contributed by atoms with Crippen molar-refractivity contribution in [3.8, 4) is 50.3 Å². The molecule has 2 heteroatoms. The highest BCUT2D eigenvalue weighted by molar-refractivity contribution is 6.24. The van der Waals surface area contributed by atoms with Crippen LogP contribution in [-0.4, -0.2) is 4.57 Å². The number of rotatable bonds is 9. The summed E-state index contributed by atoms with van der Waals surface area (Å²) in [5.41, 5.74) is 17.0. The molecule has 2 aliphatic rings. The zero-order valence-corrected chi connectivity index (χ0v) is 43.2. The average Bonchev–Trinajstić information content (AvgIpc) is 4.22. The van der Waals surface area contributed by atoms with Crippen LogP contribution in [0.25, 0.3) is 110 Å². The molecule has 0 N–H and O–H groups in total. The summed E-state index contributed by atoms with van der Waals surface area (Å²) in [6.45, 7) is 0. The minimum absolute atomic E-state index is 0.130. The number of aromatic nitrogens is 1.